The molecule has 0 aromatic heterocycles. The Bertz CT molecular complexity index is 1100. The fourth-order valence-electron chi connectivity index (χ4n) is 3.75. The number of hydrogen-bond acceptors (Lipinski definition) is 3. The number of carbonyl (C=O) groups is 2. The molecule has 31 heavy (non-hydrogen) atoms. The first-order valence-corrected chi connectivity index (χ1v) is 10.4. The highest BCUT2D eigenvalue weighted by Crippen LogP contribution is 2.39. The summed E-state index contributed by atoms with van der Waals surface area (Å²) in [5.74, 6) is -0.786. The first kappa shape index (κ1) is 22.6. The van der Waals surface area contributed by atoms with Crippen molar-refractivity contribution in [1.82, 2.24) is 0 Å². The molecule has 0 aliphatic carbocycles. The monoisotopic (exact) mass is 437 g/mol. The zero-order valence-corrected chi connectivity index (χ0v) is 18.8. The predicted octanol–water partition coefficient (Wildman–Crippen LogP) is 5.51. The van der Waals surface area contributed by atoms with Crippen molar-refractivity contribution < 1.29 is 14.0 Å². The van der Waals surface area contributed by atoms with Crippen LogP contribution >= 0.6 is 12.2 Å². The van der Waals surface area contributed by atoms with Crippen molar-refractivity contribution in [3.8, 4) is 0 Å². The van der Waals surface area contributed by atoms with Gasteiger partial charge in [-0.3, -0.25) is 9.69 Å². The van der Waals surface area contributed by atoms with Gasteiger partial charge in [-0.25, -0.2) is 9.24 Å². The third-order valence-corrected chi connectivity index (χ3v) is 5.92. The average molecular weight is 438 g/mol. The first-order chi connectivity index (χ1) is 14.6. The number of benzene rings is 2. The van der Waals surface area contributed by atoms with Crippen LogP contribution in [-0.2, 0) is 16.0 Å². The molecule has 2 aromatic carbocycles. The molecule has 0 bridgehead atoms. The van der Waals surface area contributed by atoms with E-state index in [-0.39, 0.29) is 33.7 Å². The minimum absolute atomic E-state index is 0.0522. The number of halogens is 1. The summed E-state index contributed by atoms with van der Waals surface area (Å²) >= 11 is 5.61. The number of anilines is 2. The van der Waals surface area contributed by atoms with Crippen LogP contribution in [0.1, 0.15) is 44.7 Å². The Hall–Kier alpha value is -3.11. The summed E-state index contributed by atoms with van der Waals surface area (Å²) in [7, 11) is 0. The molecule has 1 aliphatic heterocycles. The third kappa shape index (κ3) is 4.08. The highest BCUT2D eigenvalue weighted by Gasteiger charge is 2.50. The zero-order valence-electron chi connectivity index (χ0n) is 18.0. The van der Waals surface area contributed by atoms with E-state index in [0.717, 1.165) is 24.1 Å². The summed E-state index contributed by atoms with van der Waals surface area (Å²) in [4.78, 5) is 30.6. The van der Waals surface area contributed by atoms with E-state index in [2.05, 4.69) is 4.85 Å². The topological polar surface area (TPSA) is 45.0 Å². The Balaban J connectivity index is 1.92. The average Bonchev–Trinajstić information content (AvgIpc) is 2.89. The second kappa shape index (κ2) is 8.56. The van der Waals surface area contributed by atoms with Crippen molar-refractivity contribution in [1.29, 1.82) is 0 Å². The maximum Gasteiger partial charge on any atom is 0.259 e. The molecule has 160 valence electrons. The number of amides is 1. The number of hydrogen-bond donors (Lipinski definition) is 0. The van der Waals surface area contributed by atoms with Crippen LogP contribution in [0.15, 0.2) is 36.4 Å². The van der Waals surface area contributed by atoms with E-state index in [1.54, 1.807) is 25.7 Å². The number of aryl methyl sites for hydroxylation is 1. The SMILES string of the molecule is [C-]#[N+]c1ccc(N2C(=O)C(C)(C)N(c3ccc(CCCC(C)=O)cc3)C2=S)c(F)c1C. The fraction of sp³-hybridized carbons (Fsp3) is 0.333. The van der Waals surface area contributed by atoms with Gasteiger partial charge < -0.3 is 9.69 Å². The molecule has 1 amide bonds. The Morgan fingerprint density at radius 1 is 1.19 bits per heavy atom. The van der Waals surface area contributed by atoms with Gasteiger partial charge in [0.1, 0.15) is 17.1 Å². The van der Waals surface area contributed by atoms with Gasteiger partial charge in [0, 0.05) is 12.1 Å². The lowest BCUT2D eigenvalue weighted by Crippen LogP contribution is -2.44. The zero-order chi connectivity index (χ0) is 22.9. The Kier molecular flexibility index (Phi) is 6.23. The largest absolute Gasteiger partial charge is 0.304 e. The number of thiocarbonyl (C=S) groups is 1. The smallest absolute Gasteiger partial charge is 0.259 e. The molecular formula is C24H24FN3O2S. The summed E-state index contributed by atoms with van der Waals surface area (Å²) in [6, 6.07) is 10.6. The Morgan fingerprint density at radius 3 is 2.42 bits per heavy atom. The van der Waals surface area contributed by atoms with Crippen LogP contribution in [0, 0.1) is 19.3 Å². The minimum atomic E-state index is -1.01. The second-order valence-corrected chi connectivity index (χ2v) is 8.56. The summed E-state index contributed by atoms with van der Waals surface area (Å²) in [6.45, 7) is 13.8. The van der Waals surface area contributed by atoms with Gasteiger partial charge in [0.2, 0.25) is 0 Å². The number of rotatable bonds is 6. The number of nitrogens with zero attached hydrogens (tertiary/aromatic N) is 3. The number of carbonyl (C=O) groups excluding carboxylic acids is 2. The van der Waals surface area contributed by atoms with Crippen LogP contribution < -0.4 is 9.80 Å². The molecule has 3 rings (SSSR count). The van der Waals surface area contributed by atoms with Crippen LogP contribution in [0.5, 0.6) is 0 Å². The van der Waals surface area contributed by atoms with E-state index in [1.807, 2.05) is 24.3 Å². The highest BCUT2D eigenvalue weighted by atomic mass is 32.1. The minimum Gasteiger partial charge on any atom is -0.304 e. The summed E-state index contributed by atoms with van der Waals surface area (Å²) in [6.07, 6.45) is 2.12. The van der Waals surface area contributed by atoms with Gasteiger partial charge in [-0.15, -0.1) is 0 Å². The summed E-state index contributed by atoms with van der Waals surface area (Å²) < 4.78 is 15.0. The second-order valence-electron chi connectivity index (χ2n) is 8.19. The Labute approximate surface area is 187 Å². The third-order valence-electron chi connectivity index (χ3n) is 5.56. The number of Topliss-reactive ketones (excluding diaryl/α,β-unsaturated/α-hetero) is 1. The predicted molar refractivity (Wildman–Crippen MR) is 124 cm³/mol. The molecule has 7 heteroatoms. The van der Waals surface area contributed by atoms with Gasteiger partial charge in [0.05, 0.1) is 12.3 Å². The normalized spacial score (nSPS) is 15.4. The van der Waals surface area contributed by atoms with Gasteiger partial charge in [-0.1, -0.05) is 18.2 Å². The molecule has 0 saturated carbocycles. The molecule has 2 aromatic rings. The van der Waals surface area contributed by atoms with E-state index in [0.29, 0.717) is 6.42 Å². The summed E-state index contributed by atoms with van der Waals surface area (Å²) in [5.41, 5.74) is 1.26. The van der Waals surface area contributed by atoms with Crippen LogP contribution in [-0.4, -0.2) is 22.3 Å². The van der Waals surface area contributed by atoms with Crippen molar-refractivity contribution in [3.05, 3.63) is 64.8 Å². The van der Waals surface area contributed by atoms with Crippen molar-refractivity contribution in [3.63, 3.8) is 0 Å². The van der Waals surface area contributed by atoms with E-state index < -0.39 is 11.4 Å². The van der Waals surface area contributed by atoms with Crippen LogP contribution in [0.2, 0.25) is 0 Å². The molecule has 1 heterocycles. The van der Waals surface area contributed by atoms with Crippen molar-refractivity contribution in [2.75, 3.05) is 9.80 Å². The maximum atomic E-state index is 15.0. The van der Waals surface area contributed by atoms with Gasteiger partial charge >= 0.3 is 0 Å². The maximum absolute atomic E-state index is 15.0. The lowest BCUT2D eigenvalue weighted by atomic mass is 10.0. The van der Waals surface area contributed by atoms with E-state index in [4.69, 9.17) is 18.8 Å². The van der Waals surface area contributed by atoms with Crippen LogP contribution in [0.4, 0.5) is 21.5 Å². The molecule has 1 fully saturated rings. The molecule has 0 N–H and O–H groups in total. The van der Waals surface area contributed by atoms with Gasteiger partial charge in [-0.2, -0.15) is 0 Å². The van der Waals surface area contributed by atoms with E-state index >= 15 is 4.39 Å². The fourth-order valence-corrected chi connectivity index (χ4v) is 4.26. The molecule has 1 aliphatic rings. The molecule has 0 spiro atoms. The van der Waals surface area contributed by atoms with E-state index in [1.165, 1.54) is 24.0 Å². The Morgan fingerprint density at radius 2 is 1.84 bits per heavy atom. The molecule has 0 atom stereocenters. The molecule has 0 unspecified atom stereocenters. The van der Waals surface area contributed by atoms with Crippen molar-refractivity contribution in [2.45, 2.75) is 52.5 Å². The molecular weight excluding hydrogens is 413 g/mol. The van der Waals surface area contributed by atoms with Crippen molar-refractivity contribution >= 4 is 46.1 Å². The van der Waals surface area contributed by atoms with Gasteiger partial charge in [0.15, 0.2) is 10.8 Å². The van der Waals surface area contributed by atoms with Gasteiger partial charge in [-0.05, 0) is 82.1 Å². The molecule has 1 saturated heterocycles. The number of ketones is 1. The lowest BCUT2D eigenvalue weighted by molar-refractivity contribution is -0.120. The highest BCUT2D eigenvalue weighted by molar-refractivity contribution is 7.81. The van der Waals surface area contributed by atoms with Gasteiger partial charge in [0.25, 0.3) is 5.91 Å². The molecule has 0 radical (unpaired) electrons. The van der Waals surface area contributed by atoms with Crippen LogP contribution in [0.25, 0.3) is 4.85 Å². The standard InChI is InChI=1S/C24H24FN3O2S/c1-15(29)7-6-8-17-9-11-18(12-10-17)28-23(31)27(22(30)24(28,3)4)20-14-13-19(26-5)16(2)21(20)25/h9-14H,6-8H2,1-4H3. The lowest BCUT2D eigenvalue weighted by Gasteiger charge is -2.29. The quantitative estimate of drug-likeness (QED) is 0.441. The summed E-state index contributed by atoms with van der Waals surface area (Å²) in [5, 5.41) is 0.188. The van der Waals surface area contributed by atoms with Crippen molar-refractivity contribution in [2.24, 2.45) is 0 Å². The molecule has 5 nitrogen and oxygen atoms in total. The van der Waals surface area contributed by atoms with Crippen LogP contribution in [0.3, 0.4) is 0 Å². The first-order valence-electron chi connectivity index (χ1n) is 10.0. The van der Waals surface area contributed by atoms with E-state index in [9.17, 15) is 9.59 Å².